The number of hydrogen-bond acceptors (Lipinski definition) is 3. The van der Waals surface area contributed by atoms with Crippen LogP contribution in [0.1, 0.15) is 32.1 Å². The molecule has 1 fully saturated rings. The van der Waals surface area contributed by atoms with Crippen LogP contribution < -0.4 is 15.4 Å². The Bertz CT molecular complexity index is 513. The van der Waals surface area contributed by atoms with Gasteiger partial charge in [0.15, 0.2) is 6.61 Å². The van der Waals surface area contributed by atoms with Crippen molar-refractivity contribution in [3.05, 3.63) is 17.2 Å². The van der Waals surface area contributed by atoms with E-state index in [-0.39, 0.29) is 12.5 Å². The van der Waals surface area contributed by atoms with Crippen molar-refractivity contribution >= 4 is 28.9 Å². The standard InChI is InChI=1S/C15H19ClN2O2/c16-11-6-13-14(20-9-15(19)18-13)7-12(11)17-8-10-4-2-1-3-5-10/h6-7,10,17H,1-5,8-9H2,(H,18,19). The van der Waals surface area contributed by atoms with E-state index in [1.54, 1.807) is 6.07 Å². The SMILES string of the molecule is O=C1COc2cc(NCC3CCCCC3)c(Cl)cc2N1. The van der Waals surface area contributed by atoms with Crippen LogP contribution in [0.3, 0.4) is 0 Å². The summed E-state index contributed by atoms with van der Waals surface area (Å²) in [6.45, 7) is 1.02. The molecule has 5 heteroatoms. The van der Waals surface area contributed by atoms with Crippen LogP contribution in [0.2, 0.25) is 5.02 Å². The predicted molar refractivity (Wildman–Crippen MR) is 80.6 cm³/mol. The molecule has 1 aliphatic carbocycles. The molecule has 1 aliphatic heterocycles. The van der Waals surface area contributed by atoms with Gasteiger partial charge in [-0.3, -0.25) is 4.79 Å². The van der Waals surface area contributed by atoms with Crippen LogP contribution in [0.5, 0.6) is 5.75 Å². The van der Waals surface area contributed by atoms with Crippen molar-refractivity contribution in [2.45, 2.75) is 32.1 Å². The minimum atomic E-state index is -0.142. The van der Waals surface area contributed by atoms with Crippen LogP contribution in [0, 0.1) is 5.92 Å². The normalized spacial score (nSPS) is 18.9. The molecule has 1 aromatic carbocycles. The summed E-state index contributed by atoms with van der Waals surface area (Å²) in [5.41, 5.74) is 1.53. The molecule has 3 rings (SSSR count). The molecular weight excluding hydrogens is 276 g/mol. The van der Waals surface area contributed by atoms with Crippen molar-refractivity contribution in [1.29, 1.82) is 0 Å². The van der Waals surface area contributed by atoms with E-state index in [0.717, 1.165) is 18.2 Å². The molecule has 0 atom stereocenters. The Kier molecular flexibility index (Phi) is 4.01. The van der Waals surface area contributed by atoms with Crippen LogP contribution in [0.15, 0.2) is 12.1 Å². The second-order valence-electron chi connectivity index (χ2n) is 5.55. The molecule has 4 nitrogen and oxygen atoms in total. The maximum atomic E-state index is 11.3. The number of rotatable bonds is 3. The molecule has 2 aliphatic rings. The number of hydrogen-bond donors (Lipinski definition) is 2. The monoisotopic (exact) mass is 294 g/mol. The summed E-state index contributed by atoms with van der Waals surface area (Å²) in [6, 6.07) is 3.62. The highest BCUT2D eigenvalue weighted by atomic mass is 35.5. The minimum Gasteiger partial charge on any atom is -0.482 e. The van der Waals surface area contributed by atoms with E-state index >= 15 is 0 Å². The van der Waals surface area contributed by atoms with Gasteiger partial charge in [0.1, 0.15) is 5.75 Å². The highest BCUT2D eigenvalue weighted by Gasteiger charge is 2.19. The minimum absolute atomic E-state index is 0.0662. The average molecular weight is 295 g/mol. The third kappa shape index (κ3) is 3.01. The summed E-state index contributed by atoms with van der Waals surface area (Å²) >= 11 is 6.26. The van der Waals surface area contributed by atoms with E-state index in [2.05, 4.69) is 10.6 Å². The Morgan fingerprint density at radius 1 is 1.30 bits per heavy atom. The Hall–Kier alpha value is -1.42. The lowest BCUT2D eigenvalue weighted by atomic mass is 9.89. The van der Waals surface area contributed by atoms with Gasteiger partial charge in [0.25, 0.3) is 5.91 Å². The fraction of sp³-hybridized carbons (Fsp3) is 0.533. The molecule has 1 amide bonds. The van der Waals surface area contributed by atoms with E-state index in [1.165, 1.54) is 32.1 Å². The Labute approximate surface area is 123 Å². The van der Waals surface area contributed by atoms with Crippen LogP contribution in [-0.4, -0.2) is 19.1 Å². The fourth-order valence-electron chi connectivity index (χ4n) is 2.88. The van der Waals surface area contributed by atoms with Crippen molar-refractivity contribution in [1.82, 2.24) is 0 Å². The zero-order valence-electron chi connectivity index (χ0n) is 11.4. The smallest absolute Gasteiger partial charge is 0.262 e. The second-order valence-corrected chi connectivity index (χ2v) is 5.96. The summed E-state index contributed by atoms with van der Waals surface area (Å²) in [5.74, 6) is 1.27. The number of carbonyl (C=O) groups is 1. The maximum Gasteiger partial charge on any atom is 0.262 e. The van der Waals surface area contributed by atoms with Crippen molar-refractivity contribution < 1.29 is 9.53 Å². The molecule has 0 spiro atoms. The Balaban J connectivity index is 1.68. The van der Waals surface area contributed by atoms with Gasteiger partial charge in [-0.2, -0.15) is 0 Å². The summed E-state index contributed by atoms with van der Waals surface area (Å²) in [7, 11) is 0. The highest BCUT2D eigenvalue weighted by molar-refractivity contribution is 6.33. The van der Waals surface area contributed by atoms with Crippen molar-refractivity contribution in [3.63, 3.8) is 0 Å². The van der Waals surface area contributed by atoms with Crippen molar-refractivity contribution in [2.24, 2.45) is 5.92 Å². The van der Waals surface area contributed by atoms with Gasteiger partial charge >= 0.3 is 0 Å². The molecule has 1 saturated carbocycles. The number of nitrogens with one attached hydrogen (secondary N) is 2. The predicted octanol–water partition coefficient (Wildman–Crippen LogP) is 3.66. The van der Waals surface area contributed by atoms with Gasteiger partial charge in [-0.25, -0.2) is 0 Å². The number of amides is 1. The Morgan fingerprint density at radius 3 is 2.90 bits per heavy atom. The van der Waals surface area contributed by atoms with Crippen LogP contribution in [0.25, 0.3) is 0 Å². The lowest BCUT2D eigenvalue weighted by Crippen LogP contribution is -2.25. The number of fused-ring (bicyclic) bond motifs is 1. The Morgan fingerprint density at radius 2 is 2.10 bits per heavy atom. The third-order valence-corrected chi connectivity index (χ3v) is 4.32. The van der Waals surface area contributed by atoms with E-state index in [9.17, 15) is 4.79 Å². The van der Waals surface area contributed by atoms with Gasteiger partial charge < -0.3 is 15.4 Å². The first-order chi connectivity index (χ1) is 9.72. The maximum absolute atomic E-state index is 11.3. The lowest BCUT2D eigenvalue weighted by molar-refractivity contribution is -0.118. The second kappa shape index (κ2) is 5.92. The van der Waals surface area contributed by atoms with Gasteiger partial charge in [-0.05, 0) is 24.8 Å². The van der Waals surface area contributed by atoms with Gasteiger partial charge in [0.05, 0.1) is 16.4 Å². The number of halogens is 1. The molecule has 0 unspecified atom stereocenters. The average Bonchev–Trinajstić information content (AvgIpc) is 2.46. The quantitative estimate of drug-likeness (QED) is 0.894. The molecule has 0 bridgehead atoms. The molecule has 1 heterocycles. The topological polar surface area (TPSA) is 50.4 Å². The first-order valence-corrected chi connectivity index (χ1v) is 7.60. The van der Waals surface area contributed by atoms with E-state index < -0.39 is 0 Å². The summed E-state index contributed by atoms with van der Waals surface area (Å²) < 4.78 is 5.41. The molecule has 2 N–H and O–H groups in total. The van der Waals surface area contributed by atoms with E-state index in [4.69, 9.17) is 16.3 Å². The zero-order valence-corrected chi connectivity index (χ0v) is 12.1. The largest absolute Gasteiger partial charge is 0.482 e. The number of carbonyl (C=O) groups excluding carboxylic acids is 1. The molecular formula is C15H19ClN2O2. The summed E-state index contributed by atoms with van der Waals surface area (Å²) in [4.78, 5) is 11.3. The molecule has 20 heavy (non-hydrogen) atoms. The summed E-state index contributed by atoms with van der Waals surface area (Å²) in [6.07, 6.45) is 6.62. The lowest BCUT2D eigenvalue weighted by Gasteiger charge is -2.24. The van der Waals surface area contributed by atoms with E-state index in [1.807, 2.05) is 6.07 Å². The summed E-state index contributed by atoms with van der Waals surface area (Å²) in [5, 5.41) is 6.79. The molecule has 108 valence electrons. The van der Waals surface area contributed by atoms with Gasteiger partial charge in [0, 0.05) is 12.6 Å². The first-order valence-electron chi connectivity index (χ1n) is 7.22. The number of ether oxygens (including phenoxy) is 1. The molecule has 0 saturated heterocycles. The van der Waals surface area contributed by atoms with Gasteiger partial charge in [0.2, 0.25) is 0 Å². The van der Waals surface area contributed by atoms with Crippen LogP contribution in [-0.2, 0) is 4.79 Å². The van der Waals surface area contributed by atoms with Crippen LogP contribution in [0.4, 0.5) is 11.4 Å². The van der Waals surface area contributed by atoms with Crippen molar-refractivity contribution in [2.75, 3.05) is 23.8 Å². The van der Waals surface area contributed by atoms with Gasteiger partial charge in [-0.15, -0.1) is 0 Å². The molecule has 0 aromatic heterocycles. The molecule has 0 radical (unpaired) electrons. The van der Waals surface area contributed by atoms with Gasteiger partial charge in [-0.1, -0.05) is 30.9 Å². The third-order valence-electron chi connectivity index (χ3n) is 4.01. The van der Waals surface area contributed by atoms with Crippen molar-refractivity contribution in [3.8, 4) is 5.75 Å². The van der Waals surface area contributed by atoms with Crippen LogP contribution >= 0.6 is 11.6 Å². The fourth-order valence-corrected chi connectivity index (χ4v) is 3.11. The number of anilines is 2. The molecule has 1 aromatic rings. The first kappa shape index (κ1) is 13.6. The number of benzene rings is 1. The zero-order chi connectivity index (χ0) is 13.9. The van der Waals surface area contributed by atoms with E-state index in [0.29, 0.717) is 16.5 Å². The highest BCUT2D eigenvalue weighted by Crippen LogP contribution is 2.36.